The van der Waals surface area contributed by atoms with Crippen molar-refractivity contribution in [1.29, 1.82) is 0 Å². The maximum atomic E-state index is 12.9. The van der Waals surface area contributed by atoms with Crippen molar-refractivity contribution in [3.8, 4) is 0 Å². The molecule has 0 bridgehead atoms. The molecule has 0 aliphatic rings. The first-order valence-corrected chi connectivity index (χ1v) is 11.1. The van der Waals surface area contributed by atoms with Crippen LogP contribution in [0.25, 0.3) is 10.8 Å². The van der Waals surface area contributed by atoms with Crippen LogP contribution in [-0.2, 0) is 13.1 Å². The van der Waals surface area contributed by atoms with Gasteiger partial charge in [-0.15, -0.1) is 0 Å². The van der Waals surface area contributed by atoms with Crippen molar-refractivity contribution in [2.24, 2.45) is 0 Å². The van der Waals surface area contributed by atoms with E-state index < -0.39 is 0 Å². The SMILES string of the molecule is CCCCCn1nc(C(=O)NCCCN(C)Cc2ccccc2)c2ccccc2c1=O. The zero-order valence-corrected chi connectivity index (χ0v) is 18.5. The van der Waals surface area contributed by atoms with Crippen LogP contribution in [0, 0.1) is 0 Å². The molecule has 3 aromatic rings. The summed E-state index contributed by atoms with van der Waals surface area (Å²) in [5.41, 5.74) is 1.46. The maximum Gasteiger partial charge on any atom is 0.274 e. The standard InChI is InChI=1S/C25H32N4O2/c1-3-4-10-18-29-25(31)22-15-9-8-14-21(22)23(27-29)24(30)26-16-11-17-28(2)19-20-12-6-5-7-13-20/h5-9,12-15H,3-4,10-11,16-19H2,1-2H3,(H,26,30). The first kappa shape index (κ1) is 22.7. The number of fused-ring (bicyclic) bond motifs is 1. The predicted octanol–water partition coefficient (Wildman–Crippen LogP) is 3.84. The van der Waals surface area contributed by atoms with E-state index in [4.69, 9.17) is 0 Å². The summed E-state index contributed by atoms with van der Waals surface area (Å²) in [6.07, 6.45) is 3.80. The summed E-state index contributed by atoms with van der Waals surface area (Å²) >= 11 is 0. The van der Waals surface area contributed by atoms with Crippen LogP contribution in [0.1, 0.15) is 48.7 Å². The Labute approximate surface area is 183 Å². The van der Waals surface area contributed by atoms with Crippen LogP contribution in [0.4, 0.5) is 0 Å². The second-order valence-electron chi connectivity index (χ2n) is 7.96. The quantitative estimate of drug-likeness (QED) is 0.479. The van der Waals surface area contributed by atoms with Gasteiger partial charge in [0, 0.05) is 25.0 Å². The van der Waals surface area contributed by atoms with Gasteiger partial charge in [0.25, 0.3) is 11.5 Å². The van der Waals surface area contributed by atoms with Crippen LogP contribution >= 0.6 is 0 Å². The Kier molecular flexibility index (Phi) is 8.35. The fraction of sp³-hybridized carbons (Fsp3) is 0.400. The van der Waals surface area contributed by atoms with Crippen LogP contribution in [0.5, 0.6) is 0 Å². The lowest BCUT2D eigenvalue weighted by molar-refractivity contribution is 0.0946. The number of hydrogen-bond acceptors (Lipinski definition) is 4. The van der Waals surface area contributed by atoms with Gasteiger partial charge in [-0.3, -0.25) is 9.59 Å². The fourth-order valence-corrected chi connectivity index (χ4v) is 3.67. The molecule has 1 heterocycles. The summed E-state index contributed by atoms with van der Waals surface area (Å²) in [6.45, 7) is 4.96. The fourth-order valence-electron chi connectivity index (χ4n) is 3.67. The number of aryl methyl sites for hydroxylation is 1. The van der Waals surface area contributed by atoms with Crippen LogP contribution in [-0.4, -0.2) is 40.7 Å². The van der Waals surface area contributed by atoms with Crippen molar-refractivity contribution >= 4 is 16.7 Å². The lowest BCUT2D eigenvalue weighted by atomic mass is 10.1. The Morgan fingerprint density at radius 3 is 2.45 bits per heavy atom. The largest absolute Gasteiger partial charge is 0.351 e. The molecular weight excluding hydrogens is 388 g/mol. The minimum Gasteiger partial charge on any atom is -0.351 e. The van der Waals surface area contributed by atoms with Crippen molar-refractivity contribution in [2.75, 3.05) is 20.1 Å². The molecule has 164 valence electrons. The highest BCUT2D eigenvalue weighted by Crippen LogP contribution is 2.13. The third-order valence-corrected chi connectivity index (χ3v) is 5.35. The Bertz CT molecular complexity index is 1050. The molecule has 0 atom stereocenters. The van der Waals surface area contributed by atoms with Crippen LogP contribution < -0.4 is 10.9 Å². The molecule has 0 aliphatic heterocycles. The monoisotopic (exact) mass is 420 g/mol. The zero-order valence-electron chi connectivity index (χ0n) is 18.5. The molecule has 1 aromatic heterocycles. The molecule has 0 saturated carbocycles. The van der Waals surface area contributed by atoms with Crippen molar-refractivity contribution < 1.29 is 4.79 Å². The number of nitrogens with zero attached hydrogens (tertiary/aromatic N) is 3. The third kappa shape index (κ3) is 6.25. The normalized spacial score (nSPS) is 11.2. The highest BCUT2D eigenvalue weighted by molar-refractivity contribution is 6.04. The van der Waals surface area contributed by atoms with E-state index in [1.54, 1.807) is 12.1 Å². The van der Waals surface area contributed by atoms with Gasteiger partial charge >= 0.3 is 0 Å². The van der Waals surface area contributed by atoms with E-state index in [9.17, 15) is 9.59 Å². The molecule has 6 heteroatoms. The van der Waals surface area contributed by atoms with Crippen molar-refractivity contribution in [3.63, 3.8) is 0 Å². The number of aromatic nitrogens is 2. The molecule has 3 rings (SSSR count). The van der Waals surface area contributed by atoms with Crippen molar-refractivity contribution in [1.82, 2.24) is 20.0 Å². The van der Waals surface area contributed by atoms with E-state index in [-0.39, 0.29) is 11.5 Å². The van der Waals surface area contributed by atoms with Gasteiger partial charge < -0.3 is 10.2 Å². The maximum absolute atomic E-state index is 12.9. The van der Waals surface area contributed by atoms with Gasteiger partial charge in [0.05, 0.1) is 5.39 Å². The zero-order chi connectivity index (χ0) is 22.1. The van der Waals surface area contributed by atoms with Crippen molar-refractivity contribution in [2.45, 2.75) is 45.7 Å². The predicted molar refractivity (Wildman–Crippen MR) is 125 cm³/mol. The van der Waals surface area contributed by atoms with Crippen LogP contribution in [0.15, 0.2) is 59.4 Å². The summed E-state index contributed by atoms with van der Waals surface area (Å²) < 4.78 is 1.44. The second kappa shape index (κ2) is 11.4. The molecule has 0 spiro atoms. The van der Waals surface area contributed by atoms with E-state index in [0.717, 1.165) is 38.8 Å². The number of benzene rings is 2. The number of amides is 1. The molecule has 0 saturated heterocycles. The van der Waals surface area contributed by atoms with E-state index in [0.29, 0.717) is 29.6 Å². The van der Waals surface area contributed by atoms with Crippen molar-refractivity contribution in [3.05, 3.63) is 76.2 Å². The summed E-state index contributed by atoms with van der Waals surface area (Å²) in [5.74, 6) is -0.230. The number of nitrogens with one attached hydrogen (secondary N) is 1. The van der Waals surface area contributed by atoms with Gasteiger partial charge in [-0.1, -0.05) is 68.3 Å². The minimum atomic E-state index is -0.230. The Hall–Kier alpha value is -2.99. The molecule has 31 heavy (non-hydrogen) atoms. The average Bonchev–Trinajstić information content (AvgIpc) is 2.79. The molecular formula is C25H32N4O2. The van der Waals surface area contributed by atoms with E-state index in [1.165, 1.54) is 10.2 Å². The summed E-state index contributed by atoms with van der Waals surface area (Å²) in [5, 5.41) is 8.56. The summed E-state index contributed by atoms with van der Waals surface area (Å²) in [4.78, 5) is 27.9. The molecule has 0 fully saturated rings. The highest BCUT2D eigenvalue weighted by atomic mass is 16.2. The minimum absolute atomic E-state index is 0.134. The first-order chi connectivity index (χ1) is 15.1. The summed E-state index contributed by atoms with van der Waals surface area (Å²) in [7, 11) is 2.08. The number of unbranched alkanes of at least 4 members (excludes halogenated alkanes) is 2. The van der Waals surface area contributed by atoms with Gasteiger partial charge in [-0.2, -0.15) is 5.10 Å². The molecule has 2 aromatic carbocycles. The van der Waals surface area contributed by atoms with Crippen LogP contribution in [0.2, 0.25) is 0 Å². The topological polar surface area (TPSA) is 67.2 Å². The second-order valence-corrected chi connectivity index (χ2v) is 7.96. The number of carbonyl (C=O) groups is 1. The molecule has 6 nitrogen and oxygen atoms in total. The lowest BCUT2D eigenvalue weighted by Gasteiger charge is -2.17. The average molecular weight is 421 g/mol. The van der Waals surface area contributed by atoms with E-state index >= 15 is 0 Å². The highest BCUT2D eigenvalue weighted by Gasteiger charge is 2.16. The smallest absolute Gasteiger partial charge is 0.274 e. The molecule has 0 radical (unpaired) electrons. The lowest BCUT2D eigenvalue weighted by Crippen LogP contribution is -2.32. The van der Waals surface area contributed by atoms with Gasteiger partial charge in [-0.05, 0) is 38.1 Å². The van der Waals surface area contributed by atoms with E-state index in [1.807, 2.05) is 30.3 Å². The Morgan fingerprint density at radius 1 is 1.00 bits per heavy atom. The first-order valence-electron chi connectivity index (χ1n) is 11.1. The summed E-state index contributed by atoms with van der Waals surface area (Å²) in [6, 6.07) is 17.6. The number of carbonyl (C=O) groups excluding carboxylic acids is 1. The van der Waals surface area contributed by atoms with Gasteiger partial charge in [0.2, 0.25) is 0 Å². The number of hydrogen-bond donors (Lipinski definition) is 1. The molecule has 1 amide bonds. The number of rotatable bonds is 11. The molecule has 0 unspecified atom stereocenters. The van der Waals surface area contributed by atoms with Gasteiger partial charge in [0.15, 0.2) is 5.69 Å². The molecule has 0 aliphatic carbocycles. The Balaban J connectivity index is 1.62. The van der Waals surface area contributed by atoms with Gasteiger partial charge in [0.1, 0.15) is 0 Å². The van der Waals surface area contributed by atoms with Gasteiger partial charge in [-0.25, -0.2) is 4.68 Å². The Morgan fingerprint density at radius 2 is 1.71 bits per heavy atom. The van der Waals surface area contributed by atoms with Crippen LogP contribution in [0.3, 0.4) is 0 Å². The third-order valence-electron chi connectivity index (χ3n) is 5.35. The molecule has 1 N–H and O–H groups in total. The van der Waals surface area contributed by atoms with E-state index in [2.05, 4.69) is 41.4 Å².